The summed E-state index contributed by atoms with van der Waals surface area (Å²) >= 11 is 0. The average molecular weight is 256 g/mol. The third-order valence-corrected chi connectivity index (χ3v) is 2.25. The zero-order valence-corrected chi connectivity index (χ0v) is 10.6. The number of ketones is 1. The van der Waals surface area contributed by atoms with Crippen LogP contribution >= 0.6 is 0 Å². The van der Waals surface area contributed by atoms with Crippen LogP contribution in [0.25, 0.3) is 0 Å². The molecule has 0 radical (unpaired) electrons. The maximum absolute atomic E-state index is 13.4. The molecule has 1 aromatic carbocycles. The molecule has 0 bridgehead atoms. The van der Waals surface area contributed by atoms with E-state index in [-0.39, 0.29) is 11.3 Å². The van der Waals surface area contributed by atoms with Crippen LogP contribution in [0, 0.1) is 5.82 Å². The van der Waals surface area contributed by atoms with Crippen LogP contribution in [-0.2, 0) is 9.47 Å². The van der Waals surface area contributed by atoms with Crippen LogP contribution in [0.4, 0.5) is 4.39 Å². The molecule has 0 saturated carbocycles. The molecule has 0 fully saturated rings. The molecule has 0 N–H and O–H groups in total. The zero-order chi connectivity index (χ0) is 13.4. The standard InChI is InChI=1S/C13H17FO4/c1-10(15)12-4-3-11(9-13(12)14)18-8-7-17-6-5-16-2/h3-4,9H,5-8H2,1-2H3. The summed E-state index contributed by atoms with van der Waals surface area (Å²) in [6.45, 7) is 3.07. The maximum Gasteiger partial charge on any atom is 0.162 e. The number of Topliss-reactive ketones (excluding diaryl/α,β-unsaturated/α-hetero) is 1. The number of ether oxygens (including phenoxy) is 3. The third-order valence-electron chi connectivity index (χ3n) is 2.25. The average Bonchev–Trinajstić information content (AvgIpc) is 2.33. The van der Waals surface area contributed by atoms with Crippen molar-refractivity contribution in [3.63, 3.8) is 0 Å². The first kappa shape index (κ1) is 14.6. The number of rotatable bonds is 8. The van der Waals surface area contributed by atoms with E-state index in [9.17, 15) is 9.18 Å². The molecule has 1 rings (SSSR count). The first-order valence-corrected chi connectivity index (χ1v) is 5.65. The number of benzene rings is 1. The monoisotopic (exact) mass is 256 g/mol. The largest absolute Gasteiger partial charge is 0.491 e. The van der Waals surface area contributed by atoms with E-state index in [1.165, 1.54) is 19.1 Å². The summed E-state index contributed by atoms with van der Waals surface area (Å²) in [5, 5.41) is 0. The van der Waals surface area contributed by atoms with E-state index in [1.54, 1.807) is 13.2 Å². The van der Waals surface area contributed by atoms with E-state index < -0.39 is 5.82 Å². The van der Waals surface area contributed by atoms with Crippen molar-refractivity contribution in [1.29, 1.82) is 0 Å². The lowest BCUT2D eigenvalue weighted by Crippen LogP contribution is -2.10. The minimum Gasteiger partial charge on any atom is -0.491 e. The van der Waals surface area contributed by atoms with Crippen LogP contribution in [-0.4, -0.2) is 39.3 Å². The minimum absolute atomic E-state index is 0.0682. The second kappa shape index (κ2) is 7.79. The summed E-state index contributed by atoms with van der Waals surface area (Å²) in [7, 11) is 1.60. The number of halogens is 1. The fourth-order valence-electron chi connectivity index (χ4n) is 1.33. The summed E-state index contributed by atoms with van der Waals surface area (Å²) in [5.74, 6) is -0.491. The molecule has 0 amide bonds. The molecule has 0 heterocycles. The smallest absolute Gasteiger partial charge is 0.162 e. The van der Waals surface area contributed by atoms with Gasteiger partial charge in [0.05, 0.1) is 25.4 Å². The lowest BCUT2D eigenvalue weighted by molar-refractivity contribution is 0.0544. The number of hydrogen-bond donors (Lipinski definition) is 0. The molecule has 0 saturated heterocycles. The number of methoxy groups -OCH3 is 1. The second-order valence-corrected chi connectivity index (χ2v) is 3.65. The Morgan fingerprint density at radius 1 is 1.22 bits per heavy atom. The van der Waals surface area contributed by atoms with Gasteiger partial charge in [0, 0.05) is 13.2 Å². The summed E-state index contributed by atoms with van der Waals surface area (Å²) in [5.41, 5.74) is 0.0682. The van der Waals surface area contributed by atoms with Crippen molar-refractivity contribution in [3.8, 4) is 5.75 Å². The van der Waals surface area contributed by atoms with Crippen molar-refractivity contribution in [2.75, 3.05) is 33.5 Å². The van der Waals surface area contributed by atoms with Gasteiger partial charge in [-0.3, -0.25) is 4.79 Å². The third kappa shape index (κ3) is 4.81. The number of hydrogen-bond acceptors (Lipinski definition) is 4. The van der Waals surface area contributed by atoms with Crippen molar-refractivity contribution >= 4 is 5.78 Å². The maximum atomic E-state index is 13.4. The van der Waals surface area contributed by atoms with Gasteiger partial charge in [0.1, 0.15) is 18.2 Å². The van der Waals surface area contributed by atoms with E-state index >= 15 is 0 Å². The molecular weight excluding hydrogens is 239 g/mol. The van der Waals surface area contributed by atoms with Crippen molar-refractivity contribution in [3.05, 3.63) is 29.6 Å². The zero-order valence-electron chi connectivity index (χ0n) is 10.6. The van der Waals surface area contributed by atoms with Crippen molar-refractivity contribution < 1.29 is 23.4 Å². The number of carbonyl (C=O) groups excluding carboxylic acids is 1. The highest BCUT2D eigenvalue weighted by Crippen LogP contribution is 2.16. The summed E-state index contributed by atoms with van der Waals surface area (Å²) in [6.07, 6.45) is 0. The lowest BCUT2D eigenvalue weighted by Gasteiger charge is -2.08. The molecule has 5 heteroatoms. The molecule has 0 atom stereocenters. The Bertz CT molecular complexity index is 393. The Kier molecular flexibility index (Phi) is 6.32. The molecule has 4 nitrogen and oxygen atoms in total. The van der Waals surface area contributed by atoms with E-state index in [4.69, 9.17) is 14.2 Å². The Morgan fingerprint density at radius 3 is 2.56 bits per heavy atom. The van der Waals surface area contributed by atoms with Gasteiger partial charge in [0.25, 0.3) is 0 Å². The van der Waals surface area contributed by atoms with E-state index in [0.717, 1.165) is 0 Å². The SMILES string of the molecule is COCCOCCOc1ccc(C(C)=O)c(F)c1. The Labute approximate surface area is 106 Å². The Morgan fingerprint density at radius 2 is 1.94 bits per heavy atom. The van der Waals surface area contributed by atoms with Gasteiger partial charge in [-0.25, -0.2) is 4.39 Å². The van der Waals surface area contributed by atoms with Gasteiger partial charge < -0.3 is 14.2 Å². The van der Waals surface area contributed by atoms with E-state index in [1.807, 2.05) is 0 Å². The first-order chi connectivity index (χ1) is 8.65. The molecule has 0 spiro atoms. The molecule has 18 heavy (non-hydrogen) atoms. The quantitative estimate of drug-likeness (QED) is 0.527. The number of carbonyl (C=O) groups is 1. The van der Waals surface area contributed by atoms with Gasteiger partial charge in [-0.05, 0) is 19.1 Å². The molecule has 0 aromatic heterocycles. The van der Waals surface area contributed by atoms with E-state index in [0.29, 0.717) is 32.2 Å². The minimum atomic E-state index is -0.569. The van der Waals surface area contributed by atoms with Crippen molar-refractivity contribution in [1.82, 2.24) is 0 Å². The van der Waals surface area contributed by atoms with Crippen LogP contribution in [0.1, 0.15) is 17.3 Å². The molecule has 0 aliphatic carbocycles. The van der Waals surface area contributed by atoms with Gasteiger partial charge in [-0.2, -0.15) is 0 Å². The van der Waals surface area contributed by atoms with Crippen LogP contribution in [0.15, 0.2) is 18.2 Å². The van der Waals surface area contributed by atoms with Crippen LogP contribution in [0.2, 0.25) is 0 Å². The molecule has 0 unspecified atom stereocenters. The first-order valence-electron chi connectivity index (χ1n) is 5.65. The highest BCUT2D eigenvalue weighted by atomic mass is 19.1. The second-order valence-electron chi connectivity index (χ2n) is 3.65. The van der Waals surface area contributed by atoms with Crippen molar-refractivity contribution in [2.45, 2.75) is 6.92 Å². The van der Waals surface area contributed by atoms with Crippen LogP contribution in [0.5, 0.6) is 5.75 Å². The summed E-state index contributed by atoms with van der Waals surface area (Å²) in [6, 6.07) is 4.18. The highest BCUT2D eigenvalue weighted by Gasteiger charge is 2.08. The Hall–Kier alpha value is -1.46. The van der Waals surface area contributed by atoms with Crippen LogP contribution in [0.3, 0.4) is 0 Å². The highest BCUT2D eigenvalue weighted by molar-refractivity contribution is 5.94. The Balaban J connectivity index is 2.35. The summed E-state index contributed by atoms with van der Waals surface area (Å²) < 4.78 is 28.7. The summed E-state index contributed by atoms with van der Waals surface area (Å²) in [4.78, 5) is 11.0. The topological polar surface area (TPSA) is 44.8 Å². The van der Waals surface area contributed by atoms with Gasteiger partial charge in [0.2, 0.25) is 0 Å². The predicted molar refractivity (Wildman–Crippen MR) is 64.6 cm³/mol. The van der Waals surface area contributed by atoms with Gasteiger partial charge >= 0.3 is 0 Å². The van der Waals surface area contributed by atoms with E-state index in [2.05, 4.69) is 0 Å². The molecule has 100 valence electrons. The normalized spacial score (nSPS) is 10.4. The van der Waals surface area contributed by atoms with Gasteiger partial charge in [-0.1, -0.05) is 0 Å². The molecule has 0 aliphatic rings. The van der Waals surface area contributed by atoms with Crippen LogP contribution < -0.4 is 4.74 Å². The molecule has 1 aromatic rings. The van der Waals surface area contributed by atoms with Crippen molar-refractivity contribution in [2.24, 2.45) is 0 Å². The fourth-order valence-corrected chi connectivity index (χ4v) is 1.33. The van der Waals surface area contributed by atoms with Gasteiger partial charge in [-0.15, -0.1) is 0 Å². The molecular formula is C13H17FO4. The lowest BCUT2D eigenvalue weighted by atomic mass is 10.1. The fraction of sp³-hybridized carbons (Fsp3) is 0.462. The van der Waals surface area contributed by atoms with Gasteiger partial charge in [0.15, 0.2) is 5.78 Å². The predicted octanol–water partition coefficient (Wildman–Crippen LogP) is 2.07. The molecule has 0 aliphatic heterocycles.